The second-order valence-corrected chi connectivity index (χ2v) is 2.80. The first-order valence-corrected chi connectivity index (χ1v) is 4.02. The molecule has 76 valence electrons. The summed E-state index contributed by atoms with van der Waals surface area (Å²) in [5, 5.41) is 0. The van der Waals surface area contributed by atoms with Crippen molar-refractivity contribution in [3.8, 4) is 5.75 Å². The van der Waals surface area contributed by atoms with Crippen molar-refractivity contribution in [1.29, 1.82) is 0 Å². The van der Waals surface area contributed by atoms with Crippen LogP contribution in [0.2, 0.25) is 0 Å². The van der Waals surface area contributed by atoms with Crippen molar-refractivity contribution >= 4 is 5.97 Å². The molecule has 3 nitrogen and oxygen atoms in total. The molecule has 0 heterocycles. The number of carbonyl (C=O) groups excluding carboxylic acids is 1. The van der Waals surface area contributed by atoms with Gasteiger partial charge in [-0.25, -0.2) is 9.18 Å². The molecule has 14 heavy (non-hydrogen) atoms. The summed E-state index contributed by atoms with van der Waals surface area (Å²) in [6.07, 6.45) is 0. The summed E-state index contributed by atoms with van der Waals surface area (Å²) in [4.78, 5) is 11.1. The quantitative estimate of drug-likeness (QED) is 0.681. The van der Waals surface area contributed by atoms with Crippen molar-refractivity contribution in [2.45, 2.75) is 6.92 Å². The van der Waals surface area contributed by atoms with Gasteiger partial charge in [0.1, 0.15) is 11.6 Å². The van der Waals surface area contributed by atoms with Crippen LogP contribution in [0.15, 0.2) is 12.1 Å². The summed E-state index contributed by atoms with van der Waals surface area (Å²) < 4.78 is 22.7. The number of esters is 1. The van der Waals surface area contributed by atoms with Crippen LogP contribution in [0.5, 0.6) is 5.75 Å². The normalized spacial score (nSPS) is 9.71. The third kappa shape index (κ3) is 1.84. The van der Waals surface area contributed by atoms with E-state index in [-0.39, 0.29) is 5.56 Å². The second-order valence-electron chi connectivity index (χ2n) is 2.80. The monoisotopic (exact) mass is 198 g/mol. The largest absolute Gasteiger partial charge is 0.497 e. The van der Waals surface area contributed by atoms with Crippen molar-refractivity contribution in [2.24, 2.45) is 0 Å². The van der Waals surface area contributed by atoms with E-state index in [0.717, 1.165) is 0 Å². The highest BCUT2D eigenvalue weighted by Gasteiger charge is 2.15. The number of carbonyl (C=O) groups is 1. The molecule has 0 bridgehead atoms. The maximum Gasteiger partial charge on any atom is 0.340 e. The Bertz CT molecular complexity index is 361. The molecule has 0 radical (unpaired) electrons. The number of ether oxygens (including phenoxy) is 2. The first-order chi connectivity index (χ1) is 6.60. The molecule has 1 aromatic rings. The van der Waals surface area contributed by atoms with Crippen molar-refractivity contribution in [3.63, 3.8) is 0 Å². The molecule has 0 saturated carbocycles. The van der Waals surface area contributed by atoms with Crippen LogP contribution in [0.3, 0.4) is 0 Å². The highest BCUT2D eigenvalue weighted by Crippen LogP contribution is 2.21. The van der Waals surface area contributed by atoms with Gasteiger partial charge in [0.05, 0.1) is 19.8 Å². The average Bonchev–Trinajstić information content (AvgIpc) is 2.20. The maximum absolute atomic E-state index is 13.4. The van der Waals surface area contributed by atoms with Crippen LogP contribution in [0.25, 0.3) is 0 Å². The smallest absolute Gasteiger partial charge is 0.340 e. The lowest BCUT2D eigenvalue weighted by Crippen LogP contribution is -2.06. The molecule has 0 atom stereocenters. The van der Waals surface area contributed by atoms with Crippen LogP contribution in [0, 0.1) is 12.7 Å². The lowest BCUT2D eigenvalue weighted by molar-refractivity contribution is 0.0595. The molecule has 0 spiro atoms. The molecule has 0 aliphatic carbocycles. The minimum absolute atomic E-state index is 0.107. The molecule has 0 N–H and O–H groups in total. The zero-order valence-corrected chi connectivity index (χ0v) is 8.26. The van der Waals surface area contributed by atoms with Gasteiger partial charge in [0.25, 0.3) is 0 Å². The fourth-order valence-electron chi connectivity index (χ4n) is 1.11. The van der Waals surface area contributed by atoms with Crippen LogP contribution in [-0.4, -0.2) is 20.2 Å². The van der Waals surface area contributed by atoms with E-state index in [1.165, 1.54) is 26.4 Å². The summed E-state index contributed by atoms with van der Waals surface area (Å²) in [6, 6.07) is 2.83. The molecule has 1 aromatic carbocycles. The molecule has 1 rings (SSSR count). The Kier molecular flexibility index (Phi) is 3.06. The van der Waals surface area contributed by atoms with Gasteiger partial charge in [0, 0.05) is 0 Å². The van der Waals surface area contributed by atoms with Gasteiger partial charge in [-0.1, -0.05) is 0 Å². The molecule has 0 aromatic heterocycles. The Balaban J connectivity index is 3.27. The molecular weight excluding hydrogens is 187 g/mol. The number of benzene rings is 1. The van der Waals surface area contributed by atoms with E-state index in [9.17, 15) is 9.18 Å². The Morgan fingerprint density at radius 2 is 2.00 bits per heavy atom. The maximum atomic E-state index is 13.4. The minimum atomic E-state index is -0.704. The predicted octanol–water partition coefficient (Wildman–Crippen LogP) is 1.93. The fraction of sp³-hybridized carbons (Fsp3) is 0.300. The van der Waals surface area contributed by atoms with Crippen LogP contribution in [-0.2, 0) is 4.74 Å². The average molecular weight is 198 g/mol. The summed E-state index contributed by atoms with van der Waals surface area (Å²) in [5.74, 6) is -0.841. The van der Waals surface area contributed by atoms with Gasteiger partial charge in [-0.2, -0.15) is 0 Å². The van der Waals surface area contributed by atoms with Gasteiger partial charge in [-0.15, -0.1) is 0 Å². The predicted molar refractivity (Wildman–Crippen MR) is 49.0 cm³/mol. The second kappa shape index (κ2) is 4.09. The zero-order valence-electron chi connectivity index (χ0n) is 8.26. The van der Waals surface area contributed by atoms with Gasteiger partial charge < -0.3 is 9.47 Å². The Hall–Kier alpha value is -1.58. The standard InChI is InChI=1S/C10H11FO3/c1-6-4-7(13-2)5-8(9(6)11)10(12)14-3/h4-5H,1-3H3. The van der Waals surface area contributed by atoms with E-state index >= 15 is 0 Å². The Labute approximate surface area is 81.4 Å². The minimum Gasteiger partial charge on any atom is -0.497 e. The highest BCUT2D eigenvalue weighted by molar-refractivity contribution is 5.90. The molecule has 0 saturated heterocycles. The molecule has 0 aliphatic heterocycles. The van der Waals surface area contributed by atoms with E-state index in [0.29, 0.717) is 11.3 Å². The van der Waals surface area contributed by atoms with Crippen LogP contribution in [0.4, 0.5) is 4.39 Å². The number of halogens is 1. The molecule has 0 fully saturated rings. The van der Waals surface area contributed by atoms with Crippen LogP contribution in [0.1, 0.15) is 15.9 Å². The van der Waals surface area contributed by atoms with Crippen molar-refractivity contribution in [1.82, 2.24) is 0 Å². The van der Waals surface area contributed by atoms with Gasteiger partial charge in [0.15, 0.2) is 0 Å². The third-order valence-corrected chi connectivity index (χ3v) is 1.87. The van der Waals surface area contributed by atoms with Crippen LogP contribution >= 0.6 is 0 Å². The number of rotatable bonds is 2. The Morgan fingerprint density at radius 3 is 2.50 bits per heavy atom. The van der Waals surface area contributed by atoms with Gasteiger partial charge in [-0.05, 0) is 24.6 Å². The number of methoxy groups -OCH3 is 2. The zero-order chi connectivity index (χ0) is 10.7. The summed E-state index contributed by atoms with van der Waals surface area (Å²) in [5.41, 5.74) is 0.245. The van der Waals surface area contributed by atoms with Crippen molar-refractivity contribution in [3.05, 3.63) is 29.1 Å². The number of hydrogen-bond donors (Lipinski definition) is 0. The molecule has 0 amide bonds. The summed E-state index contributed by atoms with van der Waals surface area (Å²) >= 11 is 0. The lowest BCUT2D eigenvalue weighted by atomic mass is 10.1. The van der Waals surface area contributed by atoms with E-state index in [1.807, 2.05) is 0 Å². The summed E-state index contributed by atoms with van der Waals surface area (Å²) in [7, 11) is 2.66. The first-order valence-electron chi connectivity index (χ1n) is 4.02. The van der Waals surface area contributed by atoms with E-state index in [1.54, 1.807) is 6.92 Å². The molecule has 0 aliphatic rings. The van der Waals surface area contributed by atoms with Gasteiger partial charge in [0.2, 0.25) is 0 Å². The topological polar surface area (TPSA) is 35.5 Å². The third-order valence-electron chi connectivity index (χ3n) is 1.87. The number of aryl methyl sites for hydroxylation is 1. The number of hydrogen-bond acceptors (Lipinski definition) is 3. The van der Waals surface area contributed by atoms with Crippen LogP contribution < -0.4 is 4.74 Å². The van der Waals surface area contributed by atoms with Gasteiger partial charge >= 0.3 is 5.97 Å². The van der Waals surface area contributed by atoms with Crippen molar-refractivity contribution in [2.75, 3.05) is 14.2 Å². The molecule has 4 heteroatoms. The van der Waals surface area contributed by atoms with E-state index in [2.05, 4.69) is 4.74 Å². The highest BCUT2D eigenvalue weighted by atomic mass is 19.1. The van der Waals surface area contributed by atoms with Crippen molar-refractivity contribution < 1.29 is 18.7 Å². The van der Waals surface area contributed by atoms with E-state index in [4.69, 9.17) is 4.74 Å². The fourth-order valence-corrected chi connectivity index (χ4v) is 1.11. The molecular formula is C10H11FO3. The molecule has 0 unspecified atom stereocenters. The first kappa shape index (κ1) is 10.5. The lowest BCUT2D eigenvalue weighted by Gasteiger charge is -2.06. The Morgan fingerprint density at radius 1 is 1.36 bits per heavy atom. The summed E-state index contributed by atoms with van der Waals surface area (Å²) in [6.45, 7) is 1.56. The van der Waals surface area contributed by atoms with Gasteiger partial charge in [-0.3, -0.25) is 0 Å². The van der Waals surface area contributed by atoms with E-state index < -0.39 is 11.8 Å². The SMILES string of the molecule is COC(=O)c1cc(OC)cc(C)c1F.